The van der Waals surface area contributed by atoms with Crippen LogP contribution in [-0.2, 0) is 4.79 Å². The van der Waals surface area contributed by atoms with E-state index in [2.05, 4.69) is 10.5 Å². The molecule has 1 saturated carbocycles. The maximum absolute atomic E-state index is 12.0. The second-order valence-corrected chi connectivity index (χ2v) is 5.32. The molecule has 0 spiro atoms. The highest BCUT2D eigenvalue weighted by atomic mass is 16.6. The zero-order chi connectivity index (χ0) is 15.2. The number of hydrazone groups is 1. The molecular formula is C15H19N3O3. The van der Waals surface area contributed by atoms with E-state index in [0.717, 1.165) is 25.7 Å². The fourth-order valence-corrected chi connectivity index (χ4v) is 2.50. The van der Waals surface area contributed by atoms with Crippen molar-refractivity contribution in [3.05, 3.63) is 39.9 Å². The average Bonchev–Trinajstić information content (AvgIpc) is 2.53. The van der Waals surface area contributed by atoms with Crippen LogP contribution in [0.1, 0.15) is 44.6 Å². The molecule has 0 unspecified atom stereocenters. The Morgan fingerprint density at radius 3 is 2.71 bits per heavy atom. The van der Waals surface area contributed by atoms with E-state index in [4.69, 9.17) is 0 Å². The molecule has 1 aromatic carbocycles. The number of rotatable bonds is 4. The van der Waals surface area contributed by atoms with Crippen molar-refractivity contribution < 1.29 is 9.72 Å². The molecule has 0 bridgehead atoms. The molecule has 6 heteroatoms. The maximum Gasteiger partial charge on any atom is 0.270 e. The minimum Gasteiger partial charge on any atom is -0.273 e. The summed E-state index contributed by atoms with van der Waals surface area (Å²) < 4.78 is 0. The largest absolute Gasteiger partial charge is 0.273 e. The molecule has 21 heavy (non-hydrogen) atoms. The van der Waals surface area contributed by atoms with Gasteiger partial charge in [0.2, 0.25) is 5.91 Å². The number of nitro groups is 1. The van der Waals surface area contributed by atoms with Crippen molar-refractivity contribution in [1.82, 2.24) is 5.43 Å². The second kappa shape index (κ2) is 6.97. The summed E-state index contributed by atoms with van der Waals surface area (Å²) in [6.45, 7) is 1.72. The molecular weight excluding hydrogens is 270 g/mol. The Morgan fingerprint density at radius 2 is 2.05 bits per heavy atom. The molecule has 112 valence electrons. The zero-order valence-corrected chi connectivity index (χ0v) is 12.0. The number of non-ortho nitro benzene ring substituents is 1. The summed E-state index contributed by atoms with van der Waals surface area (Å²) in [4.78, 5) is 22.3. The standard InChI is InChI=1S/C15H19N3O3/c1-11(13-8-5-9-14(10-13)18(20)21)16-17-15(19)12-6-3-2-4-7-12/h5,8-10,12H,2-4,6-7H2,1H3,(H,17,19)/b16-11+. The molecule has 0 aliphatic heterocycles. The Morgan fingerprint density at radius 1 is 1.33 bits per heavy atom. The van der Waals surface area contributed by atoms with Crippen molar-refractivity contribution in [2.24, 2.45) is 11.0 Å². The number of carbonyl (C=O) groups is 1. The van der Waals surface area contributed by atoms with E-state index in [1.807, 2.05) is 0 Å². The van der Waals surface area contributed by atoms with Crippen LogP contribution in [-0.4, -0.2) is 16.5 Å². The van der Waals surface area contributed by atoms with Gasteiger partial charge in [0, 0.05) is 23.6 Å². The lowest BCUT2D eigenvalue weighted by molar-refractivity contribution is -0.384. The van der Waals surface area contributed by atoms with Crippen molar-refractivity contribution in [1.29, 1.82) is 0 Å². The summed E-state index contributed by atoms with van der Waals surface area (Å²) in [7, 11) is 0. The molecule has 0 heterocycles. The fourth-order valence-electron chi connectivity index (χ4n) is 2.50. The van der Waals surface area contributed by atoms with E-state index in [1.54, 1.807) is 19.1 Å². The van der Waals surface area contributed by atoms with Crippen LogP contribution in [0, 0.1) is 16.0 Å². The van der Waals surface area contributed by atoms with Gasteiger partial charge in [-0.15, -0.1) is 0 Å². The molecule has 1 aliphatic rings. The van der Waals surface area contributed by atoms with Crippen molar-refractivity contribution >= 4 is 17.3 Å². The number of carbonyl (C=O) groups excluding carboxylic acids is 1. The summed E-state index contributed by atoms with van der Waals surface area (Å²) >= 11 is 0. The molecule has 1 amide bonds. The highest BCUT2D eigenvalue weighted by Crippen LogP contribution is 2.23. The van der Waals surface area contributed by atoms with Gasteiger partial charge in [-0.05, 0) is 19.8 Å². The first-order valence-electron chi connectivity index (χ1n) is 7.17. The lowest BCUT2D eigenvalue weighted by Crippen LogP contribution is -2.29. The summed E-state index contributed by atoms with van der Waals surface area (Å²) in [5.74, 6) is -0.0140. The van der Waals surface area contributed by atoms with Crippen molar-refractivity contribution in [3.8, 4) is 0 Å². The maximum atomic E-state index is 12.0. The number of nitro benzene ring substituents is 1. The van der Waals surface area contributed by atoms with Gasteiger partial charge in [0.15, 0.2) is 0 Å². The molecule has 1 fully saturated rings. The molecule has 1 aliphatic carbocycles. The number of nitrogens with zero attached hydrogens (tertiary/aromatic N) is 2. The molecule has 6 nitrogen and oxygen atoms in total. The van der Waals surface area contributed by atoms with Gasteiger partial charge in [-0.1, -0.05) is 31.4 Å². The first kappa shape index (κ1) is 15.2. The third-order valence-electron chi connectivity index (χ3n) is 3.78. The highest BCUT2D eigenvalue weighted by Gasteiger charge is 2.20. The van der Waals surface area contributed by atoms with Crippen LogP contribution in [0.15, 0.2) is 29.4 Å². The molecule has 0 aromatic heterocycles. The van der Waals surface area contributed by atoms with Crippen LogP contribution in [0.4, 0.5) is 5.69 Å². The predicted octanol–water partition coefficient (Wildman–Crippen LogP) is 3.02. The van der Waals surface area contributed by atoms with Crippen molar-refractivity contribution in [3.63, 3.8) is 0 Å². The monoisotopic (exact) mass is 289 g/mol. The number of hydrogen-bond acceptors (Lipinski definition) is 4. The van der Waals surface area contributed by atoms with Gasteiger partial charge >= 0.3 is 0 Å². The van der Waals surface area contributed by atoms with Gasteiger partial charge in [0.1, 0.15) is 0 Å². The average molecular weight is 289 g/mol. The Balaban J connectivity index is 2.01. The van der Waals surface area contributed by atoms with E-state index in [1.165, 1.54) is 18.6 Å². The number of benzene rings is 1. The molecule has 1 N–H and O–H groups in total. The van der Waals surface area contributed by atoms with Crippen LogP contribution in [0.25, 0.3) is 0 Å². The topological polar surface area (TPSA) is 84.6 Å². The quantitative estimate of drug-likeness (QED) is 0.525. The first-order valence-corrected chi connectivity index (χ1v) is 7.17. The number of amides is 1. The summed E-state index contributed by atoms with van der Waals surface area (Å²) in [5, 5.41) is 14.8. The highest BCUT2D eigenvalue weighted by molar-refractivity contribution is 5.99. The van der Waals surface area contributed by atoms with Gasteiger partial charge < -0.3 is 0 Å². The summed E-state index contributed by atoms with van der Waals surface area (Å²) in [6, 6.07) is 6.22. The lowest BCUT2D eigenvalue weighted by atomic mass is 9.89. The van der Waals surface area contributed by atoms with Crippen molar-refractivity contribution in [2.45, 2.75) is 39.0 Å². The van der Waals surface area contributed by atoms with Crippen molar-refractivity contribution in [2.75, 3.05) is 0 Å². The Kier molecular flexibility index (Phi) is 5.03. The first-order chi connectivity index (χ1) is 10.1. The lowest BCUT2D eigenvalue weighted by Gasteiger charge is -2.19. The Labute approximate surface area is 123 Å². The SMILES string of the molecule is C/C(=N\NC(=O)C1CCCCC1)c1cccc([N+](=O)[O-])c1. The summed E-state index contributed by atoms with van der Waals surface area (Å²) in [6.07, 6.45) is 5.20. The van der Waals surface area contributed by atoms with E-state index in [0.29, 0.717) is 11.3 Å². The van der Waals surface area contributed by atoms with Crippen LogP contribution in [0.3, 0.4) is 0 Å². The predicted molar refractivity (Wildman–Crippen MR) is 80.0 cm³/mol. The van der Waals surface area contributed by atoms with E-state index < -0.39 is 4.92 Å². The number of nitrogens with one attached hydrogen (secondary N) is 1. The fraction of sp³-hybridized carbons (Fsp3) is 0.467. The minimum atomic E-state index is -0.447. The van der Waals surface area contributed by atoms with Gasteiger partial charge in [-0.3, -0.25) is 14.9 Å². The van der Waals surface area contributed by atoms with Gasteiger partial charge in [0.25, 0.3) is 5.69 Å². The molecule has 2 rings (SSSR count). The van der Waals surface area contributed by atoms with E-state index in [9.17, 15) is 14.9 Å². The minimum absolute atomic E-state index is 0.0145. The third kappa shape index (κ3) is 4.11. The second-order valence-electron chi connectivity index (χ2n) is 5.32. The molecule has 0 atom stereocenters. The van der Waals surface area contributed by atoms with Crippen LogP contribution < -0.4 is 5.43 Å². The number of hydrogen-bond donors (Lipinski definition) is 1. The molecule has 0 saturated heterocycles. The van der Waals surface area contributed by atoms with Gasteiger partial charge in [-0.25, -0.2) is 5.43 Å². The third-order valence-corrected chi connectivity index (χ3v) is 3.78. The molecule has 0 radical (unpaired) electrons. The van der Waals surface area contributed by atoms with Crippen LogP contribution in [0.2, 0.25) is 0 Å². The van der Waals surface area contributed by atoms with Crippen LogP contribution >= 0.6 is 0 Å². The smallest absolute Gasteiger partial charge is 0.270 e. The normalized spacial score (nSPS) is 16.5. The Hall–Kier alpha value is -2.24. The summed E-state index contributed by atoms with van der Waals surface area (Å²) in [5.41, 5.74) is 3.78. The van der Waals surface area contributed by atoms with E-state index in [-0.39, 0.29) is 17.5 Å². The Bertz CT molecular complexity index is 563. The van der Waals surface area contributed by atoms with E-state index >= 15 is 0 Å². The van der Waals surface area contributed by atoms with Gasteiger partial charge in [-0.2, -0.15) is 5.10 Å². The van der Waals surface area contributed by atoms with Crippen LogP contribution in [0.5, 0.6) is 0 Å². The molecule has 1 aromatic rings. The zero-order valence-electron chi connectivity index (χ0n) is 12.0. The van der Waals surface area contributed by atoms with Gasteiger partial charge in [0.05, 0.1) is 10.6 Å².